The van der Waals surface area contributed by atoms with Gasteiger partial charge in [-0.2, -0.15) is 0 Å². The fourth-order valence-corrected chi connectivity index (χ4v) is 2.99. The molecular formula is C15H17ClN2O2S. The van der Waals surface area contributed by atoms with Gasteiger partial charge < -0.3 is 15.7 Å². The van der Waals surface area contributed by atoms with Gasteiger partial charge in [0, 0.05) is 18.0 Å². The highest BCUT2D eigenvalue weighted by Crippen LogP contribution is 2.21. The van der Waals surface area contributed by atoms with Gasteiger partial charge in [0.1, 0.15) is 0 Å². The van der Waals surface area contributed by atoms with Crippen LogP contribution in [0.3, 0.4) is 0 Å². The second-order valence-corrected chi connectivity index (χ2v) is 6.29. The molecule has 0 unspecified atom stereocenters. The molecule has 21 heavy (non-hydrogen) atoms. The number of aliphatic hydroxyl groups excluding tert-OH is 1. The third kappa shape index (κ3) is 5.04. The van der Waals surface area contributed by atoms with Crippen molar-refractivity contribution in [3.8, 4) is 0 Å². The summed E-state index contributed by atoms with van der Waals surface area (Å²) in [5.74, 6) is 0. The second kappa shape index (κ2) is 8.02. The topological polar surface area (TPSA) is 61.4 Å². The second-order valence-electron chi connectivity index (χ2n) is 4.49. The number of hydrogen-bond donors (Lipinski definition) is 3. The summed E-state index contributed by atoms with van der Waals surface area (Å²) in [6, 6.07) is 11.1. The number of amides is 2. The van der Waals surface area contributed by atoms with Crippen LogP contribution in [0, 0.1) is 0 Å². The number of carbonyl (C=O) groups is 1. The number of rotatable bonds is 6. The Morgan fingerprint density at radius 1 is 1.14 bits per heavy atom. The summed E-state index contributed by atoms with van der Waals surface area (Å²) in [7, 11) is 0. The standard InChI is InChI=1S/C15H17ClN2O2S/c16-14-6-5-13(21-14)7-8-17-15(20)18-9-11-3-1-2-4-12(11)10-19/h1-6,19H,7-10H2,(H2,17,18,20). The predicted octanol–water partition coefficient (Wildman–Crippen LogP) is 2.94. The summed E-state index contributed by atoms with van der Waals surface area (Å²) in [4.78, 5) is 12.8. The maximum atomic E-state index is 11.7. The van der Waals surface area contributed by atoms with Gasteiger partial charge in [-0.05, 0) is 29.7 Å². The maximum absolute atomic E-state index is 11.7. The lowest BCUT2D eigenvalue weighted by Gasteiger charge is -2.10. The summed E-state index contributed by atoms with van der Waals surface area (Å²) >= 11 is 7.37. The van der Waals surface area contributed by atoms with Crippen LogP contribution in [-0.4, -0.2) is 17.7 Å². The highest BCUT2D eigenvalue weighted by molar-refractivity contribution is 7.16. The SMILES string of the molecule is O=C(NCCc1ccc(Cl)s1)NCc1ccccc1CO. The fraction of sp³-hybridized carbons (Fsp3) is 0.267. The molecule has 0 aliphatic carbocycles. The van der Waals surface area contributed by atoms with Crippen molar-refractivity contribution >= 4 is 29.0 Å². The van der Waals surface area contributed by atoms with Crippen LogP contribution in [0.1, 0.15) is 16.0 Å². The van der Waals surface area contributed by atoms with Crippen LogP contribution in [0.2, 0.25) is 4.34 Å². The highest BCUT2D eigenvalue weighted by Gasteiger charge is 2.04. The molecule has 1 heterocycles. The third-order valence-electron chi connectivity index (χ3n) is 3.01. The molecule has 2 amide bonds. The first-order chi connectivity index (χ1) is 10.2. The molecule has 0 radical (unpaired) electrons. The summed E-state index contributed by atoms with van der Waals surface area (Å²) < 4.78 is 0.759. The monoisotopic (exact) mass is 324 g/mol. The average molecular weight is 325 g/mol. The van der Waals surface area contributed by atoms with Crippen LogP contribution >= 0.6 is 22.9 Å². The minimum Gasteiger partial charge on any atom is -0.392 e. The maximum Gasteiger partial charge on any atom is 0.315 e. The molecule has 1 aromatic heterocycles. The molecule has 2 aromatic rings. The smallest absolute Gasteiger partial charge is 0.315 e. The van der Waals surface area contributed by atoms with Crippen LogP contribution in [0.25, 0.3) is 0 Å². The first-order valence-electron chi connectivity index (χ1n) is 6.62. The van der Waals surface area contributed by atoms with E-state index in [9.17, 15) is 9.90 Å². The van der Waals surface area contributed by atoms with Crippen molar-refractivity contribution in [1.29, 1.82) is 0 Å². The van der Waals surface area contributed by atoms with Crippen molar-refractivity contribution in [3.63, 3.8) is 0 Å². The zero-order valence-electron chi connectivity index (χ0n) is 11.4. The minimum absolute atomic E-state index is 0.0292. The Balaban J connectivity index is 1.72. The quantitative estimate of drug-likeness (QED) is 0.765. The van der Waals surface area contributed by atoms with Crippen LogP contribution in [0.4, 0.5) is 4.79 Å². The molecule has 0 saturated heterocycles. The molecular weight excluding hydrogens is 308 g/mol. The lowest BCUT2D eigenvalue weighted by molar-refractivity contribution is 0.240. The minimum atomic E-state index is -0.217. The number of nitrogens with one attached hydrogen (secondary N) is 2. The van der Waals surface area contributed by atoms with E-state index in [0.717, 1.165) is 26.8 Å². The Hall–Kier alpha value is -1.56. The van der Waals surface area contributed by atoms with Gasteiger partial charge >= 0.3 is 6.03 Å². The van der Waals surface area contributed by atoms with E-state index >= 15 is 0 Å². The Bertz CT molecular complexity index is 601. The fourth-order valence-electron chi connectivity index (χ4n) is 1.91. The third-order valence-corrected chi connectivity index (χ3v) is 4.30. The van der Waals surface area contributed by atoms with Crippen molar-refractivity contribution in [1.82, 2.24) is 10.6 Å². The molecule has 4 nitrogen and oxygen atoms in total. The predicted molar refractivity (Wildman–Crippen MR) is 85.6 cm³/mol. The van der Waals surface area contributed by atoms with Crippen molar-refractivity contribution in [2.75, 3.05) is 6.54 Å². The van der Waals surface area contributed by atoms with Crippen LogP contribution in [0.15, 0.2) is 36.4 Å². The van der Waals surface area contributed by atoms with Crippen molar-refractivity contribution < 1.29 is 9.90 Å². The molecule has 3 N–H and O–H groups in total. The Morgan fingerprint density at radius 3 is 2.57 bits per heavy atom. The molecule has 0 aliphatic rings. The Morgan fingerprint density at radius 2 is 1.90 bits per heavy atom. The van der Waals surface area contributed by atoms with Crippen molar-refractivity contribution in [3.05, 3.63) is 56.7 Å². The molecule has 0 bridgehead atoms. The molecule has 0 aliphatic heterocycles. The van der Waals surface area contributed by atoms with Crippen molar-refractivity contribution in [2.24, 2.45) is 0 Å². The molecule has 0 spiro atoms. The van der Waals surface area contributed by atoms with Gasteiger partial charge in [0.2, 0.25) is 0 Å². The van der Waals surface area contributed by atoms with E-state index in [-0.39, 0.29) is 12.6 Å². The normalized spacial score (nSPS) is 10.4. The van der Waals surface area contributed by atoms with Gasteiger partial charge in [-0.25, -0.2) is 4.79 Å². The number of carbonyl (C=O) groups excluding carboxylic acids is 1. The van der Waals surface area contributed by atoms with Gasteiger partial charge in [0.15, 0.2) is 0 Å². The highest BCUT2D eigenvalue weighted by atomic mass is 35.5. The summed E-state index contributed by atoms with van der Waals surface area (Å²) in [5, 5.41) is 14.8. The Kier molecular flexibility index (Phi) is 6.04. The number of aliphatic hydroxyl groups is 1. The first-order valence-corrected chi connectivity index (χ1v) is 7.82. The zero-order valence-corrected chi connectivity index (χ0v) is 13.0. The number of benzene rings is 1. The number of urea groups is 1. The zero-order chi connectivity index (χ0) is 15.1. The van der Waals surface area contributed by atoms with E-state index in [1.165, 1.54) is 11.3 Å². The summed E-state index contributed by atoms with van der Waals surface area (Å²) in [6.45, 7) is 0.927. The van der Waals surface area contributed by atoms with E-state index in [2.05, 4.69) is 10.6 Å². The van der Waals surface area contributed by atoms with Gasteiger partial charge in [0.25, 0.3) is 0 Å². The molecule has 2 rings (SSSR count). The van der Waals surface area contributed by atoms with Gasteiger partial charge in [-0.1, -0.05) is 35.9 Å². The van der Waals surface area contributed by atoms with E-state index in [1.807, 2.05) is 36.4 Å². The number of thiophene rings is 1. The molecule has 1 aromatic carbocycles. The summed E-state index contributed by atoms with van der Waals surface area (Å²) in [6.07, 6.45) is 0.762. The molecule has 0 saturated carbocycles. The van der Waals surface area contributed by atoms with Gasteiger partial charge in [-0.15, -0.1) is 11.3 Å². The number of halogens is 1. The largest absolute Gasteiger partial charge is 0.392 e. The lowest BCUT2D eigenvalue weighted by Crippen LogP contribution is -2.36. The van der Waals surface area contributed by atoms with Crippen molar-refractivity contribution in [2.45, 2.75) is 19.6 Å². The van der Waals surface area contributed by atoms with Gasteiger partial charge in [-0.3, -0.25) is 0 Å². The average Bonchev–Trinajstić information content (AvgIpc) is 2.91. The van der Waals surface area contributed by atoms with E-state index in [0.29, 0.717) is 13.1 Å². The van der Waals surface area contributed by atoms with Gasteiger partial charge in [0.05, 0.1) is 10.9 Å². The Labute approximate surface area is 132 Å². The van der Waals surface area contributed by atoms with E-state index < -0.39 is 0 Å². The molecule has 6 heteroatoms. The van der Waals surface area contributed by atoms with E-state index in [4.69, 9.17) is 11.6 Å². The molecule has 0 atom stereocenters. The van der Waals surface area contributed by atoms with Crippen LogP contribution in [-0.2, 0) is 19.6 Å². The molecule has 112 valence electrons. The summed E-state index contributed by atoms with van der Waals surface area (Å²) in [5.41, 5.74) is 1.74. The van der Waals surface area contributed by atoms with E-state index in [1.54, 1.807) is 0 Å². The lowest BCUT2D eigenvalue weighted by atomic mass is 10.1. The van der Waals surface area contributed by atoms with Crippen LogP contribution in [0.5, 0.6) is 0 Å². The first kappa shape index (κ1) is 15.8. The molecule has 0 fully saturated rings. The van der Waals surface area contributed by atoms with Crippen LogP contribution < -0.4 is 10.6 Å². The number of hydrogen-bond acceptors (Lipinski definition) is 3.